The zero-order valence-electron chi connectivity index (χ0n) is 14.1. The van der Waals surface area contributed by atoms with Crippen LogP contribution in [0, 0.1) is 13.8 Å². The predicted octanol–water partition coefficient (Wildman–Crippen LogP) is 5.10. The Balaban J connectivity index is 1.68. The summed E-state index contributed by atoms with van der Waals surface area (Å²) >= 11 is 0. The lowest BCUT2D eigenvalue weighted by atomic mass is 10.1. The summed E-state index contributed by atoms with van der Waals surface area (Å²) < 4.78 is 5.92. The standard InChI is InChI=1S/C21H17N3O/c1-14-10-15(2)12-17(11-14)25-20-9-5-8-19(23-20)21-22-13-16-6-3-4-7-18(16)24-21/h3-13H,1-2H3. The highest BCUT2D eigenvalue weighted by Crippen LogP contribution is 2.24. The quantitative estimate of drug-likeness (QED) is 0.525. The molecule has 0 saturated carbocycles. The number of nitrogens with zero attached hydrogens (tertiary/aromatic N) is 3. The molecule has 2 aromatic heterocycles. The molecule has 0 saturated heterocycles. The van der Waals surface area contributed by atoms with E-state index in [2.05, 4.69) is 21.0 Å². The van der Waals surface area contributed by atoms with Crippen LogP contribution in [0.4, 0.5) is 0 Å². The number of hydrogen-bond donors (Lipinski definition) is 0. The van der Waals surface area contributed by atoms with Gasteiger partial charge in [-0.05, 0) is 49.2 Å². The molecule has 4 heteroatoms. The molecule has 0 unspecified atom stereocenters. The van der Waals surface area contributed by atoms with Crippen LogP contribution in [-0.2, 0) is 0 Å². The molecule has 25 heavy (non-hydrogen) atoms. The Bertz CT molecular complexity index is 1040. The monoisotopic (exact) mass is 327 g/mol. The third kappa shape index (κ3) is 3.33. The van der Waals surface area contributed by atoms with Gasteiger partial charge in [-0.3, -0.25) is 0 Å². The van der Waals surface area contributed by atoms with E-state index in [1.165, 1.54) is 0 Å². The minimum absolute atomic E-state index is 0.527. The Labute approximate surface area is 146 Å². The van der Waals surface area contributed by atoms with E-state index in [0.717, 1.165) is 27.8 Å². The van der Waals surface area contributed by atoms with Gasteiger partial charge in [0.1, 0.15) is 11.4 Å². The normalized spacial score (nSPS) is 10.8. The lowest BCUT2D eigenvalue weighted by Gasteiger charge is -2.08. The highest BCUT2D eigenvalue weighted by molar-refractivity contribution is 5.79. The maximum Gasteiger partial charge on any atom is 0.219 e. The van der Waals surface area contributed by atoms with Crippen LogP contribution in [0.25, 0.3) is 22.4 Å². The molecule has 4 rings (SSSR count). The number of para-hydroxylation sites is 1. The molecule has 2 heterocycles. The minimum atomic E-state index is 0.527. The smallest absolute Gasteiger partial charge is 0.219 e. The van der Waals surface area contributed by atoms with Crippen LogP contribution in [0.5, 0.6) is 11.6 Å². The number of ether oxygens (including phenoxy) is 1. The first kappa shape index (κ1) is 15.3. The molecule has 0 amide bonds. The van der Waals surface area contributed by atoms with Crippen molar-refractivity contribution >= 4 is 10.9 Å². The van der Waals surface area contributed by atoms with Crippen LogP contribution in [0.1, 0.15) is 11.1 Å². The molecule has 0 aliphatic rings. The van der Waals surface area contributed by atoms with E-state index in [-0.39, 0.29) is 0 Å². The number of aromatic nitrogens is 3. The fourth-order valence-corrected chi connectivity index (χ4v) is 2.80. The van der Waals surface area contributed by atoms with Crippen LogP contribution in [0.2, 0.25) is 0 Å². The van der Waals surface area contributed by atoms with Crippen molar-refractivity contribution in [3.8, 4) is 23.1 Å². The summed E-state index contributed by atoms with van der Waals surface area (Å²) in [5.74, 6) is 1.89. The molecule has 2 aromatic carbocycles. The number of fused-ring (bicyclic) bond motifs is 1. The highest BCUT2D eigenvalue weighted by atomic mass is 16.5. The summed E-state index contributed by atoms with van der Waals surface area (Å²) in [6.07, 6.45) is 1.82. The van der Waals surface area contributed by atoms with E-state index in [0.29, 0.717) is 17.4 Å². The Morgan fingerprint density at radius 1 is 0.800 bits per heavy atom. The summed E-state index contributed by atoms with van der Waals surface area (Å²) in [4.78, 5) is 13.6. The van der Waals surface area contributed by atoms with Gasteiger partial charge in [0.2, 0.25) is 5.88 Å². The minimum Gasteiger partial charge on any atom is -0.439 e. The molecule has 0 radical (unpaired) electrons. The van der Waals surface area contributed by atoms with Gasteiger partial charge < -0.3 is 4.74 Å². The van der Waals surface area contributed by atoms with Crippen molar-refractivity contribution in [2.24, 2.45) is 0 Å². The van der Waals surface area contributed by atoms with E-state index in [1.54, 1.807) is 0 Å². The fourth-order valence-electron chi connectivity index (χ4n) is 2.80. The Hall–Kier alpha value is -3.27. The number of pyridine rings is 1. The van der Waals surface area contributed by atoms with Crippen LogP contribution < -0.4 is 4.74 Å². The van der Waals surface area contributed by atoms with E-state index in [1.807, 2.05) is 74.6 Å². The van der Waals surface area contributed by atoms with Crippen LogP contribution in [0.3, 0.4) is 0 Å². The van der Waals surface area contributed by atoms with Gasteiger partial charge >= 0.3 is 0 Å². The van der Waals surface area contributed by atoms with E-state index >= 15 is 0 Å². The van der Waals surface area contributed by atoms with Crippen molar-refractivity contribution < 1.29 is 4.74 Å². The van der Waals surface area contributed by atoms with Crippen molar-refractivity contribution in [3.63, 3.8) is 0 Å². The molecule has 4 aromatic rings. The van der Waals surface area contributed by atoms with Crippen LogP contribution >= 0.6 is 0 Å². The molecule has 0 bridgehead atoms. The number of hydrogen-bond acceptors (Lipinski definition) is 4. The molecule has 0 N–H and O–H groups in total. The fraction of sp³-hybridized carbons (Fsp3) is 0.0952. The predicted molar refractivity (Wildman–Crippen MR) is 98.8 cm³/mol. The van der Waals surface area contributed by atoms with E-state index in [4.69, 9.17) is 4.74 Å². The summed E-state index contributed by atoms with van der Waals surface area (Å²) in [6.45, 7) is 4.10. The van der Waals surface area contributed by atoms with Gasteiger partial charge in [-0.1, -0.05) is 30.3 Å². The second-order valence-electron chi connectivity index (χ2n) is 6.04. The van der Waals surface area contributed by atoms with Gasteiger partial charge in [-0.2, -0.15) is 0 Å². The summed E-state index contributed by atoms with van der Waals surface area (Å²) in [5, 5.41) is 1.01. The van der Waals surface area contributed by atoms with Gasteiger partial charge in [0.15, 0.2) is 5.82 Å². The number of aryl methyl sites for hydroxylation is 2. The number of rotatable bonds is 3. The lowest BCUT2D eigenvalue weighted by Crippen LogP contribution is -1.95. The van der Waals surface area contributed by atoms with Gasteiger partial charge in [-0.15, -0.1) is 0 Å². The SMILES string of the molecule is Cc1cc(C)cc(Oc2cccc(-c3ncc4ccccc4n3)n2)c1. The molecule has 122 valence electrons. The topological polar surface area (TPSA) is 47.9 Å². The zero-order chi connectivity index (χ0) is 17.2. The van der Waals surface area contributed by atoms with Gasteiger partial charge in [-0.25, -0.2) is 15.0 Å². The maximum atomic E-state index is 5.92. The molecule has 0 atom stereocenters. The van der Waals surface area contributed by atoms with E-state index in [9.17, 15) is 0 Å². The van der Waals surface area contributed by atoms with Gasteiger partial charge in [0, 0.05) is 17.6 Å². The number of benzene rings is 2. The van der Waals surface area contributed by atoms with Gasteiger partial charge in [0.25, 0.3) is 0 Å². The summed E-state index contributed by atoms with van der Waals surface area (Å²) in [5.41, 5.74) is 3.90. The molecular formula is C21H17N3O. The molecule has 0 aliphatic carbocycles. The average Bonchev–Trinajstić information content (AvgIpc) is 2.61. The third-order valence-corrected chi connectivity index (χ3v) is 3.86. The van der Waals surface area contributed by atoms with Gasteiger partial charge in [0.05, 0.1) is 5.52 Å². The van der Waals surface area contributed by atoms with E-state index < -0.39 is 0 Å². The summed E-state index contributed by atoms with van der Waals surface area (Å²) in [6, 6.07) is 19.6. The van der Waals surface area contributed by atoms with Crippen molar-refractivity contribution in [3.05, 3.63) is 78.0 Å². The highest BCUT2D eigenvalue weighted by Gasteiger charge is 2.07. The average molecular weight is 327 g/mol. The second kappa shape index (κ2) is 6.32. The second-order valence-corrected chi connectivity index (χ2v) is 6.04. The van der Waals surface area contributed by atoms with Crippen molar-refractivity contribution in [2.75, 3.05) is 0 Å². The Morgan fingerprint density at radius 2 is 1.60 bits per heavy atom. The van der Waals surface area contributed by atoms with Crippen molar-refractivity contribution in [2.45, 2.75) is 13.8 Å². The van der Waals surface area contributed by atoms with Crippen LogP contribution in [0.15, 0.2) is 66.9 Å². The molecule has 0 spiro atoms. The first-order valence-corrected chi connectivity index (χ1v) is 8.13. The first-order valence-electron chi connectivity index (χ1n) is 8.13. The third-order valence-electron chi connectivity index (χ3n) is 3.86. The maximum absolute atomic E-state index is 5.92. The zero-order valence-corrected chi connectivity index (χ0v) is 14.1. The largest absolute Gasteiger partial charge is 0.439 e. The molecule has 0 aliphatic heterocycles. The van der Waals surface area contributed by atoms with Crippen LogP contribution in [-0.4, -0.2) is 15.0 Å². The molecule has 4 nitrogen and oxygen atoms in total. The molecular weight excluding hydrogens is 310 g/mol. The Morgan fingerprint density at radius 3 is 2.44 bits per heavy atom. The molecule has 0 fully saturated rings. The first-order chi connectivity index (χ1) is 12.2. The Kier molecular flexibility index (Phi) is 3.86. The van der Waals surface area contributed by atoms with Crippen molar-refractivity contribution in [1.82, 2.24) is 15.0 Å². The van der Waals surface area contributed by atoms with Crippen molar-refractivity contribution in [1.29, 1.82) is 0 Å². The summed E-state index contributed by atoms with van der Waals surface area (Å²) in [7, 11) is 0. The lowest BCUT2D eigenvalue weighted by molar-refractivity contribution is 0.463.